The van der Waals surface area contributed by atoms with Gasteiger partial charge in [0.2, 0.25) is 5.91 Å². The molecule has 1 N–H and O–H groups in total. The van der Waals surface area contributed by atoms with Crippen LogP contribution in [0.5, 0.6) is 0 Å². The molecular formula is C25H31N3O4S. The highest BCUT2D eigenvalue weighted by Crippen LogP contribution is 2.45. The van der Waals surface area contributed by atoms with E-state index in [2.05, 4.69) is 5.32 Å². The average Bonchev–Trinajstić information content (AvgIpc) is 3.41. The maximum absolute atomic E-state index is 13.3. The molecule has 1 fully saturated rings. The highest BCUT2D eigenvalue weighted by Gasteiger charge is 2.41. The largest absolute Gasteiger partial charge is 0.456 e. The van der Waals surface area contributed by atoms with E-state index in [-0.39, 0.29) is 18.4 Å². The van der Waals surface area contributed by atoms with Crippen LogP contribution in [-0.2, 0) is 19.1 Å². The first-order valence-corrected chi connectivity index (χ1v) is 12.2. The SMILES string of the molecule is CC1=C(C(=O)OC(C)(C)C)[C@@H](c2ccccc2)N2C(CC(=O)NC[C@@H]3CCCO3)=CSC2=N1. The molecule has 3 aliphatic heterocycles. The number of nitrogens with zero attached hydrogens (tertiary/aromatic N) is 2. The van der Waals surface area contributed by atoms with Crippen molar-refractivity contribution >= 4 is 28.8 Å². The van der Waals surface area contributed by atoms with E-state index in [4.69, 9.17) is 14.5 Å². The summed E-state index contributed by atoms with van der Waals surface area (Å²) in [6.07, 6.45) is 2.30. The van der Waals surface area contributed by atoms with Gasteiger partial charge >= 0.3 is 5.97 Å². The Morgan fingerprint density at radius 1 is 1.27 bits per heavy atom. The monoisotopic (exact) mass is 469 g/mol. The predicted octanol–water partition coefficient (Wildman–Crippen LogP) is 4.29. The topological polar surface area (TPSA) is 80.2 Å². The smallest absolute Gasteiger partial charge is 0.338 e. The van der Waals surface area contributed by atoms with Crippen LogP contribution in [0.15, 0.2) is 57.7 Å². The minimum atomic E-state index is -0.629. The fourth-order valence-electron chi connectivity index (χ4n) is 4.17. The summed E-state index contributed by atoms with van der Waals surface area (Å²) in [4.78, 5) is 32.7. The highest BCUT2D eigenvalue weighted by molar-refractivity contribution is 8.16. The van der Waals surface area contributed by atoms with Crippen LogP contribution in [0.1, 0.15) is 58.6 Å². The fourth-order valence-corrected chi connectivity index (χ4v) is 5.14. The van der Waals surface area contributed by atoms with Gasteiger partial charge in [0.05, 0.1) is 29.8 Å². The molecule has 4 rings (SSSR count). The van der Waals surface area contributed by atoms with Crippen molar-refractivity contribution in [1.29, 1.82) is 0 Å². The summed E-state index contributed by atoms with van der Waals surface area (Å²) >= 11 is 1.47. The number of amides is 1. The molecule has 8 heteroatoms. The van der Waals surface area contributed by atoms with E-state index in [1.165, 1.54) is 11.8 Å². The number of carbonyl (C=O) groups excluding carboxylic acids is 2. The summed E-state index contributed by atoms with van der Waals surface area (Å²) in [6, 6.07) is 9.40. The Kier molecular flexibility index (Phi) is 6.95. The van der Waals surface area contributed by atoms with E-state index in [1.807, 2.05) is 68.3 Å². The number of esters is 1. The van der Waals surface area contributed by atoms with Crippen molar-refractivity contribution in [2.24, 2.45) is 4.99 Å². The Morgan fingerprint density at radius 2 is 2.03 bits per heavy atom. The molecule has 33 heavy (non-hydrogen) atoms. The van der Waals surface area contributed by atoms with Gasteiger partial charge < -0.3 is 19.7 Å². The van der Waals surface area contributed by atoms with E-state index >= 15 is 0 Å². The molecule has 1 aromatic carbocycles. The molecule has 0 aromatic heterocycles. The van der Waals surface area contributed by atoms with Crippen LogP contribution in [-0.4, -0.2) is 46.8 Å². The van der Waals surface area contributed by atoms with Crippen LogP contribution in [0.25, 0.3) is 0 Å². The maximum atomic E-state index is 13.3. The van der Waals surface area contributed by atoms with E-state index < -0.39 is 17.6 Å². The molecule has 1 amide bonds. The molecule has 0 aliphatic carbocycles. The van der Waals surface area contributed by atoms with Crippen LogP contribution < -0.4 is 5.32 Å². The van der Waals surface area contributed by atoms with E-state index in [9.17, 15) is 9.59 Å². The van der Waals surface area contributed by atoms with E-state index in [0.717, 1.165) is 35.9 Å². The first-order chi connectivity index (χ1) is 15.7. The lowest BCUT2D eigenvalue weighted by molar-refractivity contribution is -0.150. The molecule has 0 unspecified atom stereocenters. The average molecular weight is 470 g/mol. The summed E-state index contributed by atoms with van der Waals surface area (Å²) in [7, 11) is 0. The number of allylic oxidation sites excluding steroid dienone is 1. The lowest BCUT2D eigenvalue weighted by Gasteiger charge is -2.37. The van der Waals surface area contributed by atoms with Gasteiger partial charge in [-0.1, -0.05) is 42.1 Å². The second kappa shape index (κ2) is 9.73. The fraction of sp³-hybridized carbons (Fsp3) is 0.480. The number of fused-ring (bicyclic) bond motifs is 1. The lowest BCUT2D eigenvalue weighted by atomic mass is 9.93. The molecule has 0 bridgehead atoms. The quantitative estimate of drug-likeness (QED) is 0.626. The third-order valence-corrected chi connectivity index (χ3v) is 6.52. The molecule has 0 radical (unpaired) electrons. The molecule has 2 atom stereocenters. The van der Waals surface area contributed by atoms with E-state index in [0.29, 0.717) is 17.8 Å². The number of thioether (sulfide) groups is 1. The second-order valence-corrected chi connectivity index (χ2v) is 10.3. The molecular weight excluding hydrogens is 438 g/mol. The number of hydrogen-bond donors (Lipinski definition) is 1. The van der Waals surface area contributed by atoms with Crippen LogP contribution in [0.2, 0.25) is 0 Å². The van der Waals surface area contributed by atoms with Crippen molar-refractivity contribution in [1.82, 2.24) is 10.2 Å². The Morgan fingerprint density at radius 3 is 2.70 bits per heavy atom. The van der Waals surface area contributed by atoms with Gasteiger partial charge in [0.25, 0.3) is 0 Å². The maximum Gasteiger partial charge on any atom is 0.338 e. The molecule has 0 spiro atoms. The van der Waals surface area contributed by atoms with Crippen molar-refractivity contribution in [2.75, 3.05) is 13.2 Å². The first-order valence-electron chi connectivity index (χ1n) is 11.3. The van der Waals surface area contributed by atoms with Crippen molar-refractivity contribution in [3.63, 3.8) is 0 Å². The number of benzene rings is 1. The molecule has 3 heterocycles. The van der Waals surface area contributed by atoms with Crippen molar-refractivity contribution in [2.45, 2.75) is 64.7 Å². The van der Waals surface area contributed by atoms with Gasteiger partial charge in [0, 0.05) is 18.8 Å². The minimum Gasteiger partial charge on any atom is -0.456 e. The predicted molar refractivity (Wildman–Crippen MR) is 129 cm³/mol. The molecule has 1 saturated heterocycles. The van der Waals surface area contributed by atoms with Crippen LogP contribution in [0.4, 0.5) is 0 Å². The zero-order valence-corrected chi connectivity index (χ0v) is 20.4. The van der Waals surface area contributed by atoms with Gasteiger partial charge in [-0.05, 0) is 51.5 Å². The number of carbonyl (C=O) groups is 2. The number of hydrogen-bond acceptors (Lipinski definition) is 7. The molecule has 0 saturated carbocycles. The Balaban J connectivity index is 1.60. The number of amidine groups is 1. The van der Waals surface area contributed by atoms with Gasteiger partial charge in [-0.3, -0.25) is 4.79 Å². The zero-order chi connectivity index (χ0) is 23.6. The standard InChI is InChI=1S/C25H31N3O4S/c1-16-21(23(30)32-25(2,3)4)22(17-9-6-5-7-10-17)28-18(15-33-24(28)27-16)13-20(29)26-14-19-11-8-12-31-19/h5-7,9-10,15,19,22H,8,11-14H2,1-4H3,(H,26,29)/t19-,22+/m0/s1. The molecule has 1 aromatic rings. The molecule has 176 valence electrons. The summed E-state index contributed by atoms with van der Waals surface area (Å²) < 4.78 is 11.4. The highest BCUT2D eigenvalue weighted by atomic mass is 32.2. The zero-order valence-electron chi connectivity index (χ0n) is 19.6. The molecule has 3 aliphatic rings. The molecule has 7 nitrogen and oxygen atoms in total. The van der Waals surface area contributed by atoms with Gasteiger partial charge in [0.1, 0.15) is 5.60 Å². The van der Waals surface area contributed by atoms with E-state index in [1.54, 1.807) is 0 Å². The van der Waals surface area contributed by atoms with Crippen LogP contribution >= 0.6 is 11.8 Å². The third kappa shape index (κ3) is 5.50. The number of ether oxygens (including phenoxy) is 2. The van der Waals surface area contributed by atoms with Gasteiger partial charge in [0.15, 0.2) is 5.17 Å². The van der Waals surface area contributed by atoms with Crippen molar-refractivity contribution in [3.8, 4) is 0 Å². The van der Waals surface area contributed by atoms with Crippen molar-refractivity contribution in [3.05, 3.63) is 58.3 Å². The Labute approximate surface area is 199 Å². The number of aliphatic imine (C=N–C) groups is 1. The van der Waals surface area contributed by atoms with Gasteiger partial charge in [-0.25, -0.2) is 9.79 Å². The summed E-state index contributed by atoms with van der Waals surface area (Å²) in [5.41, 5.74) is 2.25. The van der Waals surface area contributed by atoms with Crippen LogP contribution in [0.3, 0.4) is 0 Å². The lowest BCUT2D eigenvalue weighted by Crippen LogP contribution is -2.39. The van der Waals surface area contributed by atoms with Crippen molar-refractivity contribution < 1.29 is 19.1 Å². The number of nitrogens with one attached hydrogen (secondary N) is 1. The van der Waals surface area contributed by atoms with Gasteiger partial charge in [-0.15, -0.1) is 0 Å². The summed E-state index contributed by atoms with van der Waals surface area (Å²) in [6.45, 7) is 8.67. The van der Waals surface area contributed by atoms with Crippen LogP contribution in [0, 0.1) is 0 Å². The summed E-state index contributed by atoms with van der Waals surface area (Å²) in [5.74, 6) is -0.466. The Bertz CT molecular complexity index is 1000. The van der Waals surface area contributed by atoms with Gasteiger partial charge in [-0.2, -0.15) is 0 Å². The normalized spacial score (nSPS) is 22.6. The minimum absolute atomic E-state index is 0.0736. The third-order valence-electron chi connectivity index (χ3n) is 5.63. The number of rotatable bonds is 6. The second-order valence-electron chi connectivity index (χ2n) is 9.42. The summed E-state index contributed by atoms with van der Waals surface area (Å²) in [5, 5.41) is 5.70. The Hall–Kier alpha value is -2.58. The first kappa shape index (κ1) is 23.6.